The van der Waals surface area contributed by atoms with Crippen LogP contribution in [0.4, 0.5) is 0 Å². The molecule has 0 aromatic carbocycles. The molecular weight excluding hydrogens is 254 g/mol. The summed E-state index contributed by atoms with van der Waals surface area (Å²) in [5.41, 5.74) is -0.290. The van der Waals surface area contributed by atoms with Gasteiger partial charge in [0.15, 0.2) is 0 Å². The molecule has 0 aromatic heterocycles. The van der Waals surface area contributed by atoms with Gasteiger partial charge in [-0.3, -0.25) is 4.79 Å². The first-order chi connectivity index (χ1) is 9.25. The van der Waals surface area contributed by atoms with Gasteiger partial charge in [-0.15, -0.1) is 0 Å². The van der Waals surface area contributed by atoms with Crippen molar-refractivity contribution in [2.45, 2.75) is 66.3 Å². The smallest absolute Gasteiger partial charge is 0.326 e. The zero-order chi connectivity index (χ0) is 15.6. The molecule has 0 radical (unpaired) electrons. The predicted molar refractivity (Wildman–Crippen MR) is 82.8 cm³/mol. The quantitative estimate of drug-likeness (QED) is 0.495. The Balaban J connectivity index is 4.00. The van der Waals surface area contributed by atoms with Gasteiger partial charge in [0.1, 0.15) is 5.54 Å². The molecular formula is C16H33NO3. The van der Waals surface area contributed by atoms with E-state index in [1.807, 2.05) is 20.8 Å². The zero-order valence-electron chi connectivity index (χ0n) is 14.2. The zero-order valence-corrected chi connectivity index (χ0v) is 14.2. The van der Waals surface area contributed by atoms with Gasteiger partial charge in [0, 0.05) is 13.2 Å². The van der Waals surface area contributed by atoms with Crippen LogP contribution in [0.25, 0.3) is 0 Å². The van der Waals surface area contributed by atoms with Gasteiger partial charge in [-0.1, -0.05) is 27.7 Å². The summed E-state index contributed by atoms with van der Waals surface area (Å²) in [5.74, 6) is -0.170. The van der Waals surface area contributed by atoms with Crippen LogP contribution >= 0.6 is 0 Å². The maximum Gasteiger partial charge on any atom is 0.326 e. The van der Waals surface area contributed by atoms with Gasteiger partial charge in [-0.05, 0) is 45.1 Å². The molecule has 1 N–H and O–H groups in total. The van der Waals surface area contributed by atoms with Crippen molar-refractivity contribution in [1.29, 1.82) is 0 Å². The first kappa shape index (κ1) is 19.4. The molecule has 0 saturated carbocycles. The molecule has 0 heterocycles. The Morgan fingerprint density at radius 2 is 1.70 bits per heavy atom. The fourth-order valence-corrected chi connectivity index (χ4v) is 1.95. The Morgan fingerprint density at radius 1 is 1.05 bits per heavy atom. The molecule has 0 aliphatic rings. The highest BCUT2D eigenvalue weighted by atomic mass is 16.5. The van der Waals surface area contributed by atoms with Gasteiger partial charge in [-0.2, -0.15) is 0 Å². The van der Waals surface area contributed by atoms with Gasteiger partial charge in [0.05, 0.1) is 6.61 Å². The second-order valence-corrected chi connectivity index (χ2v) is 6.61. The average molecular weight is 287 g/mol. The molecule has 0 aromatic rings. The lowest BCUT2D eigenvalue weighted by molar-refractivity contribution is -0.151. The molecule has 1 atom stereocenters. The summed E-state index contributed by atoms with van der Waals surface area (Å²) in [4.78, 5) is 12.0. The van der Waals surface area contributed by atoms with Crippen molar-refractivity contribution in [2.75, 3.05) is 26.4 Å². The number of ether oxygens (including phenoxy) is 2. The van der Waals surface area contributed by atoms with E-state index in [0.29, 0.717) is 18.6 Å². The maximum atomic E-state index is 12.0. The van der Waals surface area contributed by atoms with E-state index in [9.17, 15) is 4.79 Å². The molecule has 4 nitrogen and oxygen atoms in total. The number of hydrogen-bond acceptors (Lipinski definition) is 4. The van der Waals surface area contributed by atoms with Crippen LogP contribution in [0, 0.1) is 5.41 Å². The lowest BCUT2D eigenvalue weighted by Crippen LogP contribution is -2.50. The summed E-state index contributed by atoms with van der Waals surface area (Å²) in [6, 6.07) is 0. The molecule has 0 rings (SSSR count). The Labute approximate surface area is 124 Å². The third-order valence-corrected chi connectivity index (χ3v) is 3.25. The van der Waals surface area contributed by atoms with Crippen LogP contribution < -0.4 is 5.32 Å². The van der Waals surface area contributed by atoms with E-state index in [-0.39, 0.29) is 5.97 Å². The highest BCUT2D eigenvalue weighted by Gasteiger charge is 2.33. The Bertz CT molecular complexity index is 273. The highest BCUT2D eigenvalue weighted by Crippen LogP contribution is 2.18. The Hall–Kier alpha value is -0.610. The number of nitrogens with one attached hydrogen (secondary N) is 1. The third kappa shape index (κ3) is 8.54. The second kappa shape index (κ2) is 9.35. The molecule has 1 unspecified atom stereocenters. The fourth-order valence-electron chi connectivity index (χ4n) is 1.95. The van der Waals surface area contributed by atoms with Gasteiger partial charge in [-0.25, -0.2) is 0 Å². The maximum absolute atomic E-state index is 12.0. The first-order valence-electron chi connectivity index (χ1n) is 7.75. The lowest BCUT2D eigenvalue weighted by Gasteiger charge is -2.28. The van der Waals surface area contributed by atoms with E-state index >= 15 is 0 Å². The molecule has 0 amide bonds. The van der Waals surface area contributed by atoms with E-state index < -0.39 is 5.54 Å². The topological polar surface area (TPSA) is 47.6 Å². The van der Waals surface area contributed by atoms with Crippen LogP contribution in [0.3, 0.4) is 0 Å². The van der Waals surface area contributed by atoms with Crippen LogP contribution in [-0.4, -0.2) is 37.9 Å². The Kier molecular flexibility index (Phi) is 9.06. The number of esters is 1. The van der Waals surface area contributed by atoms with Crippen LogP contribution in [0.15, 0.2) is 0 Å². The molecule has 0 aliphatic heterocycles. The fraction of sp³-hybridized carbons (Fsp3) is 0.938. The SMILES string of the molecule is CCNC(C)(CCCOCCC(C)(C)C)C(=O)OCC. The van der Waals surface area contributed by atoms with Crippen molar-refractivity contribution >= 4 is 5.97 Å². The van der Waals surface area contributed by atoms with Crippen molar-refractivity contribution in [3.63, 3.8) is 0 Å². The molecule has 0 spiro atoms. The normalized spacial score (nSPS) is 14.9. The summed E-state index contributed by atoms with van der Waals surface area (Å²) in [6.45, 7) is 15.0. The second-order valence-electron chi connectivity index (χ2n) is 6.61. The summed E-state index contributed by atoms with van der Waals surface area (Å²) in [6.07, 6.45) is 2.64. The van der Waals surface area contributed by atoms with E-state index in [0.717, 1.165) is 32.4 Å². The first-order valence-corrected chi connectivity index (χ1v) is 7.75. The van der Waals surface area contributed by atoms with Gasteiger partial charge < -0.3 is 14.8 Å². The van der Waals surface area contributed by atoms with Gasteiger partial charge in [0.2, 0.25) is 0 Å². The predicted octanol–water partition coefficient (Wildman–Crippen LogP) is 3.15. The number of rotatable bonds is 10. The molecule has 0 aliphatic carbocycles. The van der Waals surface area contributed by atoms with Crippen LogP contribution in [-0.2, 0) is 14.3 Å². The largest absolute Gasteiger partial charge is 0.465 e. The number of carbonyl (C=O) groups is 1. The van der Waals surface area contributed by atoms with Crippen LogP contribution in [0.2, 0.25) is 0 Å². The monoisotopic (exact) mass is 287 g/mol. The third-order valence-electron chi connectivity index (χ3n) is 3.25. The summed E-state index contributed by atoms with van der Waals surface area (Å²) >= 11 is 0. The summed E-state index contributed by atoms with van der Waals surface area (Å²) in [5, 5.41) is 3.23. The van der Waals surface area contributed by atoms with Crippen LogP contribution in [0.5, 0.6) is 0 Å². The minimum Gasteiger partial charge on any atom is -0.465 e. The molecule has 120 valence electrons. The highest BCUT2D eigenvalue weighted by molar-refractivity contribution is 5.80. The molecule has 20 heavy (non-hydrogen) atoms. The van der Waals surface area contributed by atoms with Crippen molar-refractivity contribution < 1.29 is 14.3 Å². The van der Waals surface area contributed by atoms with Crippen molar-refractivity contribution in [1.82, 2.24) is 5.32 Å². The molecule has 0 saturated heterocycles. The van der Waals surface area contributed by atoms with Gasteiger partial charge in [0.25, 0.3) is 0 Å². The van der Waals surface area contributed by atoms with Crippen LogP contribution in [0.1, 0.15) is 60.8 Å². The lowest BCUT2D eigenvalue weighted by atomic mass is 9.93. The minimum atomic E-state index is -0.599. The van der Waals surface area contributed by atoms with E-state index in [1.165, 1.54) is 0 Å². The molecule has 4 heteroatoms. The number of likely N-dealkylation sites (N-methyl/N-ethyl adjacent to an activating group) is 1. The summed E-state index contributed by atoms with van der Waals surface area (Å²) < 4.78 is 10.8. The molecule has 0 bridgehead atoms. The standard InChI is InChI=1S/C16H33NO3/c1-7-17-16(6,14(18)20-8-2)10-9-12-19-13-11-15(3,4)5/h17H,7-13H2,1-6H3. The number of carbonyl (C=O) groups excluding carboxylic acids is 1. The van der Waals surface area contributed by atoms with Crippen molar-refractivity contribution in [2.24, 2.45) is 5.41 Å². The number of hydrogen-bond donors (Lipinski definition) is 1. The average Bonchev–Trinajstić information content (AvgIpc) is 2.33. The minimum absolute atomic E-state index is 0.170. The Morgan fingerprint density at radius 3 is 2.20 bits per heavy atom. The van der Waals surface area contributed by atoms with Crippen molar-refractivity contribution in [3.05, 3.63) is 0 Å². The van der Waals surface area contributed by atoms with E-state index in [2.05, 4.69) is 26.1 Å². The molecule has 0 fully saturated rings. The summed E-state index contributed by atoms with van der Waals surface area (Å²) in [7, 11) is 0. The van der Waals surface area contributed by atoms with Crippen molar-refractivity contribution in [3.8, 4) is 0 Å². The van der Waals surface area contributed by atoms with E-state index in [4.69, 9.17) is 9.47 Å². The van der Waals surface area contributed by atoms with E-state index in [1.54, 1.807) is 0 Å². The van der Waals surface area contributed by atoms with Gasteiger partial charge >= 0.3 is 5.97 Å².